The van der Waals surface area contributed by atoms with Gasteiger partial charge in [0.25, 0.3) is 5.91 Å². The van der Waals surface area contributed by atoms with Crippen molar-refractivity contribution < 1.29 is 9.18 Å². The molecule has 0 unspecified atom stereocenters. The van der Waals surface area contributed by atoms with Gasteiger partial charge in [-0.05, 0) is 81.8 Å². The highest BCUT2D eigenvalue weighted by Gasteiger charge is 2.23. The van der Waals surface area contributed by atoms with Gasteiger partial charge in [-0.3, -0.25) is 4.79 Å². The Hall–Kier alpha value is -1.85. The molecule has 1 aliphatic rings. The molecule has 1 fully saturated rings. The second-order valence-electron chi connectivity index (χ2n) is 7.33. The Morgan fingerprint density at radius 3 is 2.36 bits per heavy atom. The van der Waals surface area contributed by atoms with Crippen LogP contribution in [-0.4, -0.2) is 23.0 Å². The normalized spacial score (nSPS) is 18.9. The van der Waals surface area contributed by atoms with Crippen LogP contribution in [0.5, 0.6) is 0 Å². The Balaban J connectivity index is 0.00000280. The van der Waals surface area contributed by atoms with Gasteiger partial charge in [0.2, 0.25) is 0 Å². The van der Waals surface area contributed by atoms with E-state index in [9.17, 15) is 9.18 Å². The third kappa shape index (κ3) is 5.36. The first kappa shape index (κ1) is 22.4. The number of carbonyl (C=O) groups is 1. The van der Waals surface area contributed by atoms with Gasteiger partial charge in [-0.25, -0.2) is 9.37 Å². The van der Waals surface area contributed by atoms with Gasteiger partial charge in [0.15, 0.2) is 0 Å². The zero-order chi connectivity index (χ0) is 19.6. The molecule has 4 nitrogen and oxygen atoms in total. The van der Waals surface area contributed by atoms with Gasteiger partial charge in [-0.2, -0.15) is 0 Å². The van der Waals surface area contributed by atoms with Gasteiger partial charge < -0.3 is 10.6 Å². The number of carbonyl (C=O) groups excluding carboxylic acids is 1. The topological polar surface area (TPSA) is 54.0 Å². The van der Waals surface area contributed by atoms with E-state index in [1.807, 2.05) is 6.92 Å². The van der Waals surface area contributed by atoms with Crippen molar-refractivity contribution in [2.24, 2.45) is 0 Å². The molecule has 152 valence electrons. The van der Waals surface area contributed by atoms with Gasteiger partial charge >= 0.3 is 0 Å². The zero-order valence-corrected chi connectivity index (χ0v) is 17.9. The lowest BCUT2D eigenvalue weighted by Crippen LogP contribution is -2.40. The highest BCUT2D eigenvalue weighted by molar-refractivity contribution is 6.31. The van der Waals surface area contributed by atoms with Crippen LogP contribution in [0.4, 0.5) is 10.2 Å². The summed E-state index contributed by atoms with van der Waals surface area (Å²) in [7, 11) is 0. The maximum absolute atomic E-state index is 13.2. The number of aryl methyl sites for hydroxylation is 2. The minimum absolute atomic E-state index is 0. The number of rotatable bonds is 4. The summed E-state index contributed by atoms with van der Waals surface area (Å²) in [4.78, 5) is 17.0. The van der Waals surface area contributed by atoms with Crippen LogP contribution in [0.25, 0.3) is 0 Å². The summed E-state index contributed by atoms with van der Waals surface area (Å²) in [5.74, 6) is 0.193. The molecule has 1 aliphatic carbocycles. The van der Waals surface area contributed by atoms with Crippen LogP contribution in [-0.2, 0) is 0 Å². The third-order valence-corrected chi connectivity index (χ3v) is 5.66. The second kappa shape index (κ2) is 9.57. The molecule has 7 heteroatoms. The molecule has 2 aromatic rings. The molecule has 1 heterocycles. The summed E-state index contributed by atoms with van der Waals surface area (Å²) >= 11 is 5.76. The third-order valence-electron chi connectivity index (χ3n) is 5.37. The molecule has 0 aliphatic heterocycles. The molecule has 1 amide bonds. The van der Waals surface area contributed by atoms with E-state index >= 15 is 0 Å². The van der Waals surface area contributed by atoms with E-state index in [1.165, 1.54) is 29.3 Å². The molecule has 0 radical (unpaired) electrons. The van der Waals surface area contributed by atoms with Crippen molar-refractivity contribution in [2.45, 2.75) is 58.5 Å². The van der Waals surface area contributed by atoms with Crippen molar-refractivity contribution in [3.05, 3.63) is 57.5 Å². The Morgan fingerprint density at radius 2 is 1.75 bits per heavy atom. The number of nitrogens with one attached hydrogen (secondary N) is 2. The number of hydrogen-bond acceptors (Lipinski definition) is 3. The summed E-state index contributed by atoms with van der Waals surface area (Å²) in [6.45, 7) is 6.22. The maximum atomic E-state index is 13.2. The molecule has 1 aromatic heterocycles. The molecule has 0 bridgehead atoms. The van der Waals surface area contributed by atoms with E-state index in [1.54, 1.807) is 0 Å². The Morgan fingerprint density at radius 1 is 1.11 bits per heavy atom. The van der Waals surface area contributed by atoms with Crippen LogP contribution >= 0.6 is 24.0 Å². The van der Waals surface area contributed by atoms with Crippen LogP contribution in [0.2, 0.25) is 5.02 Å². The first-order valence-corrected chi connectivity index (χ1v) is 9.68. The van der Waals surface area contributed by atoms with Crippen LogP contribution in [0.15, 0.2) is 24.3 Å². The average Bonchev–Trinajstić information content (AvgIpc) is 2.63. The second-order valence-corrected chi connectivity index (χ2v) is 7.74. The van der Waals surface area contributed by atoms with Crippen molar-refractivity contribution in [2.75, 3.05) is 5.32 Å². The number of amides is 1. The molecular formula is C21H26Cl2FN3O. The fourth-order valence-electron chi connectivity index (χ4n) is 3.47. The number of nitrogens with zero attached hydrogens (tertiary/aromatic N) is 1. The molecule has 28 heavy (non-hydrogen) atoms. The van der Waals surface area contributed by atoms with Gasteiger partial charge in [0, 0.05) is 23.3 Å². The standard InChI is InChI=1S/C21H25ClFN3O.ClH/c1-12-10-20(24-14(3)13(12)2)25-16-5-7-17(8-6-16)26-21(27)15-4-9-19(23)18(22)11-15;/h4,9-11,16-17H,5-8H2,1-3H3,(H,24,25)(H,26,27);1H. The van der Waals surface area contributed by atoms with Gasteiger partial charge in [-0.1, -0.05) is 11.6 Å². The lowest BCUT2D eigenvalue weighted by molar-refractivity contribution is 0.0926. The van der Waals surface area contributed by atoms with E-state index < -0.39 is 5.82 Å². The molecule has 0 saturated heterocycles. The fraction of sp³-hybridized carbons (Fsp3) is 0.429. The quantitative estimate of drug-likeness (QED) is 0.691. The van der Waals surface area contributed by atoms with Gasteiger partial charge in [-0.15, -0.1) is 12.4 Å². The lowest BCUT2D eigenvalue weighted by atomic mass is 9.91. The van der Waals surface area contributed by atoms with E-state index in [0.717, 1.165) is 37.2 Å². The molecule has 3 rings (SSSR count). The maximum Gasteiger partial charge on any atom is 0.251 e. The highest BCUT2D eigenvalue weighted by Crippen LogP contribution is 2.24. The number of benzene rings is 1. The minimum atomic E-state index is -0.519. The summed E-state index contributed by atoms with van der Waals surface area (Å²) < 4.78 is 13.2. The van der Waals surface area contributed by atoms with Crippen molar-refractivity contribution in [1.29, 1.82) is 0 Å². The molecule has 0 atom stereocenters. The van der Waals surface area contributed by atoms with E-state index in [4.69, 9.17) is 11.6 Å². The number of anilines is 1. The fourth-order valence-corrected chi connectivity index (χ4v) is 3.65. The van der Waals surface area contributed by atoms with E-state index in [-0.39, 0.29) is 29.4 Å². The number of hydrogen-bond donors (Lipinski definition) is 2. The van der Waals surface area contributed by atoms with E-state index in [0.29, 0.717) is 11.6 Å². The molecule has 1 saturated carbocycles. The Kier molecular flexibility index (Phi) is 7.67. The Bertz CT molecular complexity index is 829. The van der Waals surface area contributed by atoms with Gasteiger partial charge in [0.1, 0.15) is 11.6 Å². The SMILES string of the molecule is Cc1cc(NC2CCC(NC(=O)c3ccc(F)c(Cl)c3)CC2)nc(C)c1C.Cl. The van der Waals surface area contributed by atoms with Crippen molar-refractivity contribution in [3.8, 4) is 0 Å². The summed E-state index contributed by atoms with van der Waals surface area (Å²) in [6, 6.07) is 6.61. The van der Waals surface area contributed by atoms with Crippen LogP contribution in [0, 0.1) is 26.6 Å². The van der Waals surface area contributed by atoms with Crippen molar-refractivity contribution in [1.82, 2.24) is 10.3 Å². The predicted molar refractivity (Wildman–Crippen MR) is 114 cm³/mol. The zero-order valence-electron chi connectivity index (χ0n) is 16.3. The summed E-state index contributed by atoms with van der Waals surface area (Å²) in [5.41, 5.74) is 3.91. The van der Waals surface area contributed by atoms with Crippen LogP contribution in [0.1, 0.15) is 52.9 Å². The van der Waals surface area contributed by atoms with Crippen LogP contribution < -0.4 is 10.6 Å². The molecular weight excluding hydrogens is 400 g/mol. The molecule has 1 aromatic carbocycles. The molecule has 2 N–H and O–H groups in total. The number of halogens is 3. The lowest BCUT2D eigenvalue weighted by Gasteiger charge is -2.30. The first-order chi connectivity index (χ1) is 12.8. The predicted octanol–water partition coefficient (Wildman–Crippen LogP) is 5.37. The van der Waals surface area contributed by atoms with Crippen molar-refractivity contribution in [3.63, 3.8) is 0 Å². The van der Waals surface area contributed by atoms with Crippen LogP contribution in [0.3, 0.4) is 0 Å². The summed E-state index contributed by atoms with van der Waals surface area (Å²) in [6.07, 6.45) is 3.70. The first-order valence-electron chi connectivity index (χ1n) is 9.31. The monoisotopic (exact) mass is 425 g/mol. The van der Waals surface area contributed by atoms with Gasteiger partial charge in [0.05, 0.1) is 5.02 Å². The number of aromatic nitrogens is 1. The highest BCUT2D eigenvalue weighted by atomic mass is 35.5. The Labute approximate surface area is 176 Å². The van der Waals surface area contributed by atoms with E-state index in [2.05, 4.69) is 35.5 Å². The smallest absolute Gasteiger partial charge is 0.251 e. The largest absolute Gasteiger partial charge is 0.367 e. The summed E-state index contributed by atoms with van der Waals surface area (Å²) in [5, 5.41) is 6.52. The molecule has 0 spiro atoms. The van der Waals surface area contributed by atoms with Crippen molar-refractivity contribution >= 4 is 35.7 Å². The average molecular weight is 426 g/mol. The number of pyridine rings is 1. The minimum Gasteiger partial charge on any atom is -0.367 e.